The Hall–Kier alpha value is -1.14. The zero-order valence-corrected chi connectivity index (χ0v) is 17.5. The molecule has 3 rings (SSSR count). The number of ether oxygens (including phenoxy) is 1. The summed E-state index contributed by atoms with van der Waals surface area (Å²) in [6, 6.07) is 0. The first kappa shape index (κ1) is 20.6. The lowest BCUT2D eigenvalue weighted by Crippen LogP contribution is -2.76. The van der Waals surface area contributed by atoms with Crippen molar-refractivity contribution in [2.75, 3.05) is 32.8 Å². The first-order valence-corrected chi connectivity index (χ1v) is 10.7. The van der Waals surface area contributed by atoms with Crippen LogP contribution in [0, 0.1) is 17.3 Å². The fourth-order valence-electron chi connectivity index (χ4n) is 5.06. The van der Waals surface area contributed by atoms with Gasteiger partial charge in [-0.2, -0.15) is 0 Å². The number of nitrogens with zero attached hydrogens (tertiary/aromatic N) is 2. The van der Waals surface area contributed by atoms with Crippen molar-refractivity contribution in [3.05, 3.63) is 0 Å². The fourth-order valence-corrected chi connectivity index (χ4v) is 5.06. The minimum atomic E-state index is -0.855. The van der Waals surface area contributed by atoms with Crippen LogP contribution in [-0.4, -0.2) is 66.0 Å². The van der Waals surface area contributed by atoms with Gasteiger partial charge in [-0.15, -0.1) is 0 Å². The highest BCUT2D eigenvalue weighted by atomic mass is 16.5. The molecule has 2 aliphatic heterocycles. The number of hydrogen-bond donors (Lipinski definition) is 1. The summed E-state index contributed by atoms with van der Waals surface area (Å²) in [6.45, 7) is 11.9. The van der Waals surface area contributed by atoms with Crippen LogP contribution in [0.15, 0.2) is 0 Å². The highest BCUT2D eigenvalue weighted by Gasteiger charge is 2.63. The Morgan fingerprint density at radius 2 is 1.78 bits per heavy atom. The Morgan fingerprint density at radius 1 is 1.11 bits per heavy atom. The third kappa shape index (κ3) is 3.63. The Kier molecular flexibility index (Phi) is 5.88. The van der Waals surface area contributed by atoms with Crippen LogP contribution in [0.1, 0.15) is 59.8 Å². The number of carbonyl (C=O) groups excluding carboxylic acids is 2. The number of likely N-dealkylation sites (tertiary alicyclic amines) is 2. The third-order valence-corrected chi connectivity index (χ3v) is 7.31. The van der Waals surface area contributed by atoms with Gasteiger partial charge in [-0.3, -0.25) is 9.59 Å². The molecule has 2 amide bonds. The Labute approximate surface area is 163 Å². The lowest BCUT2D eigenvalue weighted by Gasteiger charge is -2.59. The topological polar surface area (TPSA) is 75.9 Å². The van der Waals surface area contributed by atoms with E-state index in [0.717, 1.165) is 32.4 Å². The van der Waals surface area contributed by atoms with E-state index in [1.54, 1.807) is 0 Å². The quantitative estimate of drug-likeness (QED) is 0.811. The number of nitrogens with two attached hydrogens (primary N) is 1. The Balaban J connectivity index is 1.55. The van der Waals surface area contributed by atoms with Gasteiger partial charge in [0.15, 0.2) is 0 Å². The van der Waals surface area contributed by atoms with E-state index in [-0.39, 0.29) is 29.3 Å². The molecule has 6 heteroatoms. The minimum Gasteiger partial charge on any atom is -0.378 e. The van der Waals surface area contributed by atoms with E-state index >= 15 is 0 Å². The van der Waals surface area contributed by atoms with Crippen molar-refractivity contribution in [2.45, 2.75) is 71.4 Å². The molecule has 0 radical (unpaired) electrons. The first-order valence-electron chi connectivity index (χ1n) is 10.7. The molecule has 1 saturated carbocycles. The molecule has 6 nitrogen and oxygen atoms in total. The van der Waals surface area contributed by atoms with Crippen LogP contribution in [-0.2, 0) is 14.3 Å². The molecule has 3 aliphatic rings. The van der Waals surface area contributed by atoms with Gasteiger partial charge < -0.3 is 20.3 Å². The third-order valence-electron chi connectivity index (χ3n) is 7.31. The molecule has 2 heterocycles. The predicted octanol–water partition coefficient (Wildman–Crippen LogP) is 2.02. The average Bonchev–Trinajstić information content (AvgIpc) is 2.66. The lowest BCUT2D eigenvalue weighted by molar-refractivity contribution is -0.180. The summed E-state index contributed by atoms with van der Waals surface area (Å²) in [5.41, 5.74) is 5.34. The van der Waals surface area contributed by atoms with Crippen molar-refractivity contribution >= 4 is 11.8 Å². The summed E-state index contributed by atoms with van der Waals surface area (Å²) in [4.78, 5) is 29.9. The number of amides is 2. The molecule has 2 N–H and O–H groups in total. The lowest BCUT2D eigenvalue weighted by atomic mass is 9.54. The molecule has 0 aromatic carbocycles. The smallest absolute Gasteiger partial charge is 0.243 e. The Bertz CT molecular complexity index is 571. The molecule has 1 aliphatic carbocycles. The standard InChI is InChI=1S/C21H37N3O3/c1-5-27-17-13-21(22,20(17,3)4)19(26)23-11-8-16(9-12-23)18(25)24-10-6-7-15(2)14-24/h15-17H,5-14,22H2,1-4H3. The van der Waals surface area contributed by atoms with Crippen LogP contribution in [0.2, 0.25) is 0 Å². The molecular weight excluding hydrogens is 342 g/mol. The normalized spacial score (nSPS) is 34.3. The van der Waals surface area contributed by atoms with Crippen molar-refractivity contribution in [3.8, 4) is 0 Å². The van der Waals surface area contributed by atoms with Gasteiger partial charge in [-0.05, 0) is 38.5 Å². The predicted molar refractivity (Wildman–Crippen MR) is 105 cm³/mol. The molecule has 3 unspecified atom stereocenters. The van der Waals surface area contributed by atoms with Crippen molar-refractivity contribution in [2.24, 2.45) is 23.0 Å². The molecule has 2 saturated heterocycles. The van der Waals surface area contributed by atoms with Crippen LogP contribution in [0.5, 0.6) is 0 Å². The molecule has 0 bridgehead atoms. The van der Waals surface area contributed by atoms with E-state index in [2.05, 4.69) is 6.92 Å². The van der Waals surface area contributed by atoms with E-state index < -0.39 is 5.54 Å². The van der Waals surface area contributed by atoms with Gasteiger partial charge in [-0.1, -0.05) is 20.8 Å². The molecular formula is C21H37N3O3. The van der Waals surface area contributed by atoms with E-state index in [1.165, 1.54) is 6.42 Å². The number of hydrogen-bond acceptors (Lipinski definition) is 4. The summed E-state index contributed by atoms with van der Waals surface area (Å²) < 4.78 is 5.75. The van der Waals surface area contributed by atoms with E-state index in [1.807, 2.05) is 30.6 Å². The largest absolute Gasteiger partial charge is 0.378 e. The van der Waals surface area contributed by atoms with Gasteiger partial charge in [0.2, 0.25) is 11.8 Å². The molecule has 3 atom stereocenters. The van der Waals surface area contributed by atoms with Gasteiger partial charge in [-0.25, -0.2) is 0 Å². The summed E-state index contributed by atoms with van der Waals surface area (Å²) in [7, 11) is 0. The zero-order valence-electron chi connectivity index (χ0n) is 17.5. The highest BCUT2D eigenvalue weighted by Crippen LogP contribution is 2.50. The summed E-state index contributed by atoms with van der Waals surface area (Å²) in [6.07, 6.45) is 4.44. The van der Waals surface area contributed by atoms with Gasteiger partial charge in [0.1, 0.15) is 5.54 Å². The number of piperidine rings is 2. The van der Waals surface area contributed by atoms with Gasteiger partial charge in [0, 0.05) is 50.5 Å². The number of carbonyl (C=O) groups is 2. The zero-order chi connectivity index (χ0) is 19.8. The van der Waals surface area contributed by atoms with Crippen LogP contribution >= 0.6 is 0 Å². The second kappa shape index (κ2) is 7.70. The van der Waals surface area contributed by atoms with Gasteiger partial charge in [0.25, 0.3) is 0 Å². The maximum Gasteiger partial charge on any atom is 0.243 e. The molecule has 3 fully saturated rings. The van der Waals surface area contributed by atoms with Crippen molar-refractivity contribution < 1.29 is 14.3 Å². The fraction of sp³-hybridized carbons (Fsp3) is 0.905. The van der Waals surface area contributed by atoms with Gasteiger partial charge >= 0.3 is 0 Å². The minimum absolute atomic E-state index is 0.0287. The summed E-state index contributed by atoms with van der Waals surface area (Å²) in [5.74, 6) is 0.969. The highest BCUT2D eigenvalue weighted by molar-refractivity contribution is 5.89. The van der Waals surface area contributed by atoms with Crippen LogP contribution in [0.4, 0.5) is 0 Å². The van der Waals surface area contributed by atoms with E-state index in [9.17, 15) is 9.59 Å². The van der Waals surface area contributed by atoms with E-state index in [0.29, 0.717) is 32.0 Å². The molecule has 0 spiro atoms. The van der Waals surface area contributed by atoms with Crippen molar-refractivity contribution in [1.82, 2.24) is 9.80 Å². The second-order valence-electron chi connectivity index (χ2n) is 9.44. The monoisotopic (exact) mass is 379 g/mol. The summed E-state index contributed by atoms with van der Waals surface area (Å²) in [5, 5.41) is 0. The van der Waals surface area contributed by atoms with Crippen molar-refractivity contribution in [3.63, 3.8) is 0 Å². The van der Waals surface area contributed by atoms with Crippen molar-refractivity contribution in [1.29, 1.82) is 0 Å². The van der Waals surface area contributed by atoms with Crippen LogP contribution in [0.3, 0.4) is 0 Å². The molecule has 0 aromatic rings. The average molecular weight is 380 g/mol. The first-order chi connectivity index (χ1) is 12.7. The van der Waals surface area contributed by atoms with E-state index in [4.69, 9.17) is 10.5 Å². The molecule has 27 heavy (non-hydrogen) atoms. The molecule has 154 valence electrons. The number of rotatable bonds is 4. The maximum absolute atomic E-state index is 13.1. The van der Waals surface area contributed by atoms with Crippen LogP contribution < -0.4 is 5.73 Å². The molecule has 0 aromatic heterocycles. The summed E-state index contributed by atoms with van der Waals surface area (Å²) >= 11 is 0. The van der Waals surface area contributed by atoms with Crippen LogP contribution in [0.25, 0.3) is 0 Å². The maximum atomic E-state index is 13.1. The Morgan fingerprint density at radius 3 is 2.33 bits per heavy atom. The van der Waals surface area contributed by atoms with Gasteiger partial charge in [0.05, 0.1) is 6.10 Å². The SMILES string of the molecule is CCOC1CC(N)(C(=O)N2CCC(C(=O)N3CCCC(C)C3)CC2)C1(C)C. The second-order valence-corrected chi connectivity index (χ2v) is 9.44.